The average Bonchev–Trinajstić information content (AvgIpc) is 2.71. The van der Waals surface area contributed by atoms with E-state index in [0.29, 0.717) is 37.4 Å². The van der Waals surface area contributed by atoms with E-state index >= 15 is 0 Å². The van der Waals surface area contributed by atoms with Gasteiger partial charge in [-0.05, 0) is 43.7 Å². The molecule has 0 radical (unpaired) electrons. The molecule has 1 saturated heterocycles. The zero-order valence-corrected chi connectivity index (χ0v) is 16.8. The molecule has 160 valence electrons. The van der Waals surface area contributed by atoms with Crippen molar-refractivity contribution in [2.45, 2.75) is 20.0 Å². The van der Waals surface area contributed by atoms with Crippen molar-refractivity contribution in [3.63, 3.8) is 0 Å². The summed E-state index contributed by atoms with van der Waals surface area (Å²) in [5.74, 6) is -0.875. The normalized spacial score (nSPS) is 14.6. The predicted octanol–water partition coefficient (Wildman–Crippen LogP) is 3.83. The van der Waals surface area contributed by atoms with Gasteiger partial charge in [0.25, 0.3) is 5.91 Å². The van der Waals surface area contributed by atoms with E-state index in [1.165, 1.54) is 6.07 Å². The lowest BCUT2D eigenvalue weighted by molar-refractivity contribution is -0.137. The van der Waals surface area contributed by atoms with E-state index in [1.807, 2.05) is 13.0 Å². The Morgan fingerprint density at radius 3 is 2.33 bits per heavy atom. The van der Waals surface area contributed by atoms with Crippen LogP contribution >= 0.6 is 0 Å². The number of piperazine rings is 1. The molecule has 1 amide bonds. The van der Waals surface area contributed by atoms with Crippen molar-refractivity contribution in [3.8, 4) is 0 Å². The molecular weight excluding hydrogens is 397 g/mol. The van der Waals surface area contributed by atoms with Gasteiger partial charge in [-0.1, -0.05) is 23.8 Å². The Morgan fingerprint density at radius 2 is 1.70 bits per heavy atom. The van der Waals surface area contributed by atoms with Gasteiger partial charge < -0.3 is 14.5 Å². The van der Waals surface area contributed by atoms with Crippen molar-refractivity contribution < 1.29 is 27.5 Å². The van der Waals surface area contributed by atoms with Crippen LogP contribution in [0.15, 0.2) is 42.5 Å². The quantitative estimate of drug-likeness (QED) is 0.706. The SMILES string of the molecule is Cc1ccc(C(=O)OCC(=O)N2CCN(c3cccc(C(F)(F)F)c3)CC2)c(C)c1. The summed E-state index contributed by atoms with van der Waals surface area (Å²) in [6.07, 6.45) is -4.40. The molecule has 0 unspecified atom stereocenters. The smallest absolute Gasteiger partial charge is 0.416 e. The molecule has 8 heteroatoms. The van der Waals surface area contributed by atoms with Crippen LogP contribution in [-0.4, -0.2) is 49.6 Å². The maximum atomic E-state index is 12.9. The monoisotopic (exact) mass is 420 g/mol. The Bertz CT molecular complexity index is 935. The van der Waals surface area contributed by atoms with Crippen LogP contribution in [0.2, 0.25) is 0 Å². The summed E-state index contributed by atoms with van der Waals surface area (Å²) in [5, 5.41) is 0. The molecule has 30 heavy (non-hydrogen) atoms. The number of amides is 1. The molecular formula is C22H23F3N2O3. The highest BCUT2D eigenvalue weighted by Gasteiger charge is 2.31. The number of alkyl halides is 3. The number of nitrogens with zero attached hydrogens (tertiary/aromatic N) is 2. The van der Waals surface area contributed by atoms with Crippen LogP contribution in [0.4, 0.5) is 18.9 Å². The van der Waals surface area contributed by atoms with Gasteiger partial charge in [0.1, 0.15) is 0 Å². The minimum absolute atomic E-state index is 0.322. The maximum absolute atomic E-state index is 12.9. The summed E-state index contributed by atoms with van der Waals surface area (Å²) in [7, 11) is 0. The van der Waals surface area contributed by atoms with Crippen molar-refractivity contribution in [2.24, 2.45) is 0 Å². The first-order valence-electron chi connectivity index (χ1n) is 9.59. The van der Waals surface area contributed by atoms with Gasteiger partial charge in [0, 0.05) is 31.9 Å². The maximum Gasteiger partial charge on any atom is 0.416 e. The molecule has 1 aliphatic heterocycles. The molecule has 0 atom stereocenters. The van der Waals surface area contributed by atoms with Crippen LogP contribution in [0.25, 0.3) is 0 Å². The lowest BCUT2D eigenvalue weighted by atomic mass is 10.1. The van der Waals surface area contributed by atoms with Gasteiger partial charge in [-0.2, -0.15) is 13.2 Å². The van der Waals surface area contributed by atoms with Gasteiger partial charge in [0.2, 0.25) is 0 Å². The molecule has 3 rings (SSSR count). The number of esters is 1. The molecule has 0 aromatic heterocycles. The number of rotatable bonds is 4. The average molecular weight is 420 g/mol. The van der Waals surface area contributed by atoms with E-state index in [1.54, 1.807) is 34.9 Å². The van der Waals surface area contributed by atoms with Crippen LogP contribution in [0.3, 0.4) is 0 Å². The third kappa shape index (κ3) is 5.11. The topological polar surface area (TPSA) is 49.9 Å². The fourth-order valence-electron chi connectivity index (χ4n) is 3.43. The second-order valence-corrected chi connectivity index (χ2v) is 7.31. The van der Waals surface area contributed by atoms with Gasteiger partial charge in [-0.25, -0.2) is 4.79 Å². The minimum Gasteiger partial charge on any atom is -0.452 e. The number of halogens is 3. The zero-order valence-electron chi connectivity index (χ0n) is 16.8. The van der Waals surface area contributed by atoms with Crippen LogP contribution in [0, 0.1) is 13.8 Å². The third-order valence-corrected chi connectivity index (χ3v) is 5.10. The number of ether oxygens (including phenoxy) is 1. The number of hydrogen-bond acceptors (Lipinski definition) is 4. The summed E-state index contributed by atoms with van der Waals surface area (Å²) in [6.45, 7) is 4.85. The molecule has 0 bridgehead atoms. The zero-order chi connectivity index (χ0) is 21.9. The van der Waals surface area contributed by atoms with Gasteiger partial charge in [0.05, 0.1) is 11.1 Å². The molecule has 1 aliphatic rings. The van der Waals surface area contributed by atoms with Crippen molar-refractivity contribution in [1.82, 2.24) is 4.90 Å². The Balaban J connectivity index is 1.52. The second kappa shape index (κ2) is 8.77. The number of benzene rings is 2. The van der Waals surface area contributed by atoms with Crippen molar-refractivity contribution in [3.05, 3.63) is 64.7 Å². The van der Waals surface area contributed by atoms with E-state index in [0.717, 1.165) is 23.3 Å². The Hall–Kier alpha value is -3.03. The lowest BCUT2D eigenvalue weighted by Crippen LogP contribution is -2.50. The fourth-order valence-corrected chi connectivity index (χ4v) is 3.43. The number of aryl methyl sites for hydroxylation is 2. The highest BCUT2D eigenvalue weighted by Crippen LogP contribution is 2.31. The van der Waals surface area contributed by atoms with E-state index in [-0.39, 0.29) is 12.5 Å². The van der Waals surface area contributed by atoms with Crippen molar-refractivity contribution in [2.75, 3.05) is 37.7 Å². The minimum atomic E-state index is -4.40. The van der Waals surface area contributed by atoms with E-state index in [4.69, 9.17) is 4.74 Å². The second-order valence-electron chi connectivity index (χ2n) is 7.31. The molecule has 1 fully saturated rings. The molecule has 0 N–H and O–H groups in total. The summed E-state index contributed by atoms with van der Waals surface area (Å²) in [6, 6.07) is 10.5. The summed E-state index contributed by atoms with van der Waals surface area (Å²) in [5.41, 5.74) is 2.00. The Morgan fingerprint density at radius 1 is 1.00 bits per heavy atom. The predicted molar refractivity (Wildman–Crippen MR) is 106 cm³/mol. The van der Waals surface area contributed by atoms with Gasteiger partial charge in [-0.3, -0.25) is 4.79 Å². The highest BCUT2D eigenvalue weighted by atomic mass is 19.4. The van der Waals surface area contributed by atoms with E-state index in [9.17, 15) is 22.8 Å². The number of hydrogen-bond donors (Lipinski definition) is 0. The van der Waals surface area contributed by atoms with E-state index < -0.39 is 17.7 Å². The van der Waals surface area contributed by atoms with Crippen molar-refractivity contribution in [1.29, 1.82) is 0 Å². The van der Waals surface area contributed by atoms with Gasteiger partial charge >= 0.3 is 12.1 Å². The molecule has 2 aromatic rings. The molecule has 0 aliphatic carbocycles. The van der Waals surface area contributed by atoms with Gasteiger partial charge in [0.15, 0.2) is 6.61 Å². The number of anilines is 1. The number of carbonyl (C=O) groups is 2. The van der Waals surface area contributed by atoms with Crippen LogP contribution in [0.5, 0.6) is 0 Å². The van der Waals surface area contributed by atoms with Crippen LogP contribution in [-0.2, 0) is 15.7 Å². The van der Waals surface area contributed by atoms with E-state index in [2.05, 4.69) is 0 Å². The Kier molecular flexibility index (Phi) is 6.34. The molecule has 2 aromatic carbocycles. The highest BCUT2D eigenvalue weighted by molar-refractivity contribution is 5.92. The van der Waals surface area contributed by atoms with Crippen LogP contribution in [0.1, 0.15) is 27.0 Å². The van der Waals surface area contributed by atoms with Crippen LogP contribution < -0.4 is 4.90 Å². The summed E-state index contributed by atoms with van der Waals surface area (Å²) >= 11 is 0. The largest absolute Gasteiger partial charge is 0.452 e. The van der Waals surface area contributed by atoms with Gasteiger partial charge in [-0.15, -0.1) is 0 Å². The summed E-state index contributed by atoms with van der Waals surface area (Å²) < 4.78 is 43.9. The Labute approximate surface area is 173 Å². The third-order valence-electron chi connectivity index (χ3n) is 5.10. The van der Waals surface area contributed by atoms with Crippen molar-refractivity contribution >= 4 is 17.6 Å². The lowest BCUT2D eigenvalue weighted by Gasteiger charge is -2.36. The first-order valence-corrected chi connectivity index (χ1v) is 9.59. The molecule has 0 saturated carbocycles. The fraction of sp³-hybridized carbons (Fsp3) is 0.364. The molecule has 1 heterocycles. The first-order chi connectivity index (χ1) is 14.1. The molecule has 5 nitrogen and oxygen atoms in total. The molecule has 0 spiro atoms. The number of carbonyl (C=O) groups excluding carboxylic acids is 2. The summed E-state index contributed by atoms with van der Waals surface area (Å²) in [4.78, 5) is 28.0. The first kappa shape index (κ1) is 21.7. The standard InChI is InChI=1S/C22H23F3N2O3/c1-15-6-7-19(16(2)12-15)21(29)30-14-20(28)27-10-8-26(9-11-27)18-5-3-4-17(13-18)22(23,24)25/h3-7,12-13H,8-11,14H2,1-2H3.